The van der Waals surface area contributed by atoms with Crippen LogP contribution >= 0.6 is 0 Å². The molecule has 3 fully saturated rings. The van der Waals surface area contributed by atoms with E-state index in [4.69, 9.17) is 4.74 Å². The maximum Gasteiger partial charge on any atom is 0.0547 e. The molecule has 0 radical (unpaired) electrons. The summed E-state index contributed by atoms with van der Waals surface area (Å²) in [6.45, 7) is 12.8. The first kappa shape index (κ1) is 14.8. The zero-order valence-corrected chi connectivity index (χ0v) is 13.5. The number of ether oxygens (including phenoxy) is 1. The largest absolute Gasteiger partial charge is 0.381 e. The minimum atomic E-state index is 0.369. The number of nitrogens with one attached hydrogen (secondary N) is 1. The Morgan fingerprint density at radius 3 is 2.70 bits per heavy atom. The average Bonchev–Trinajstić information content (AvgIpc) is 3.13. The standard InChI is InChI=1S/C17H32N2O/c1-13-8-14(2)15(3)19(9-13)11-17(6-7-20-12-17)10-18-16-4-5-16/h13-16,18H,4-12H2,1-3H3. The van der Waals surface area contributed by atoms with E-state index >= 15 is 0 Å². The highest BCUT2D eigenvalue weighted by atomic mass is 16.5. The lowest BCUT2D eigenvalue weighted by atomic mass is 9.81. The number of piperidine rings is 1. The van der Waals surface area contributed by atoms with Crippen LogP contribution < -0.4 is 5.32 Å². The van der Waals surface area contributed by atoms with Gasteiger partial charge < -0.3 is 10.1 Å². The lowest BCUT2D eigenvalue weighted by molar-refractivity contribution is 0.0298. The summed E-state index contributed by atoms with van der Waals surface area (Å²) in [4.78, 5) is 2.75. The molecule has 20 heavy (non-hydrogen) atoms. The maximum atomic E-state index is 5.78. The van der Waals surface area contributed by atoms with Crippen molar-refractivity contribution in [1.29, 1.82) is 0 Å². The molecule has 1 saturated carbocycles. The summed E-state index contributed by atoms with van der Waals surface area (Å²) in [6.07, 6.45) is 5.39. The third-order valence-electron chi connectivity index (χ3n) is 5.79. The molecule has 4 atom stereocenters. The minimum Gasteiger partial charge on any atom is -0.381 e. The summed E-state index contributed by atoms with van der Waals surface area (Å²) in [7, 11) is 0. The fourth-order valence-electron chi connectivity index (χ4n) is 4.09. The Morgan fingerprint density at radius 2 is 2.05 bits per heavy atom. The molecule has 116 valence electrons. The predicted molar refractivity (Wildman–Crippen MR) is 82.9 cm³/mol. The summed E-state index contributed by atoms with van der Waals surface area (Å²) in [5, 5.41) is 3.76. The second-order valence-corrected chi connectivity index (χ2v) is 7.95. The zero-order valence-electron chi connectivity index (χ0n) is 13.5. The lowest BCUT2D eigenvalue weighted by Crippen LogP contribution is -2.53. The van der Waals surface area contributed by atoms with Crippen molar-refractivity contribution in [3.05, 3.63) is 0 Å². The summed E-state index contributed by atoms with van der Waals surface area (Å²) < 4.78 is 5.78. The maximum absolute atomic E-state index is 5.78. The molecule has 2 saturated heterocycles. The highest BCUT2D eigenvalue weighted by Crippen LogP contribution is 2.35. The highest BCUT2D eigenvalue weighted by Gasteiger charge is 2.40. The van der Waals surface area contributed by atoms with Crippen LogP contribution in [-0.2, 0) is 4.74 Å². The molecular formula is C17H32N2O. The van der Waals surface area contributed by atoms with Gasteiger partial charge in [-0.05, 0) is 44.4 Å². The van der Waals surface area contributed by atoms with Crippen molar-refractivity contribution in [3.63, 3.8) is 0 Å². The second-order valence-electron chi connectivity index (χ2n) is 7.95. The lowest BCUT2D eigenvalue weighted by Gasteiger charge is -2.45. The molecule has 0 bridgehead atoms. The normalized spacial score (nSPS) is 43.0. The SMILES string of the molecule is CC1CC(C)C(C)N(CC2(CNC3CC3)CCOC2)C1. The van der Waals surface area contributed by atoms with Gasteiger partial charge in [-0.25, -0.2) is 0 Å². The van der Waals surface area contributed by atoms with Crippen molar-refractivity contribution in [3.8, 4) is 0 Å². The van der Waals surface area contributed by atoms with Gasteiger partial charge in [0.25, 0.3) is 0 Å². The molecular weight excluding hydrogens is 248 g/mol. The van der Waals surface area contributed by atoms with Gasteiger partial charge in [-0.1, -0.05) is 13.8 Å². The third kappa shape index (κ3) is 3.37. The number of hydrogen-bond donors (Lipinski definition) is 1. The van der Waals surface area contributed by atoms with Crippen LogP contribution in [0.3, 0.4) is 0 Å². The molecule has 1 N–H and O–H groups in total. The molecule has 3 aliphatic rings. The van der Waals surface area contributed by atoms with Crippen LogP contribution in [0, 0.1) is 17.3 Å². The quantitative estimate of drug-likeness (QED) is 0.837. The Balaban J connectivity index is 1.62. The minimum absolute atomic E-state index is 0.369. The van der Waals surface area contributed by atoms with E-state index in [1.807, 2.05) is 0 Å². The highest BCUT2D eigenvalue weighted by molar-refractivity contribution is 4.94. The molecule has 1 aliphatic carbocycles. The average molecular weight is 280 g/mol. The predicted octanol–water partition coefficient (Wildman–Crippen LogP) is 2.51. The van der Waals surface area contributed by atoms with E-state index in [0.717, 1.165) is 43.7 Å². The van der Waals surface area contributed by atoms with E-state index < -0.39 is 0 Å². The topological polar surface area (TPSA) is 24.5 Å². The number of hydrogen-bond acceptors (Lipinski definition) is 3. The van der Waals surface area contributed by atoms with Crippen LogP contribution in [-0.4, -0.2) is 49.8 Å². The first-order valence-corrected chi connectivity index (χ1v) is 8.63. The summed E-state index contributed by atoms with van der Waals surface area (Å²) in [6, 6.07) is 1.54. The second kappa shape index (κ2) is 5.94. The van der Waals surface area contributed by atoms with Crippen LogP contribution in [0.4, 0.5) is 0 Å². The monoisotopic (exact) mass is 280 g/mol. The van der Waals surface area contributed by atoms with Crippen LogP contribution in [0.2, 0.25) is 0 Å². The van der Waals surface area contributed by atoms with Crippen LogP contribution in [0.25, 0.3) is 0 Å². The van der Waals surface area contributed by atoms with Gasteiger partial charge in [-0.2, -0.15) is 0 Å². The molecule has 0 aromatic rings. The van der Waals surface area contributed by atoms with Crippen LogP contribution in [0.1, 0.15) is 46.5 Å². The zero-order chi connectivity index (χ0) is 14.2. The van der Waals surface area contributed by atoms with Crippen molar-refractivity contribution in [1.82, 2.24) is 10.2 Å². The van der Waals surface area contributed by atoms with Crippen molar-refractivity contribution in [2.24, 2.45) is 17.3 Å². The van der Waals surface area contributed by atoms with Gasteiger partial charge in [0.15, 0.2) is 0 Å². The summed E-state index contributed by atoms with van der Waals surface area (Å²) >= 11 is 0. The third-order valence-corrected chi connectivity index (χ3v) is 5.79. The smallest absolute Gasteiger partial charge is 0.0547 e. The van der Waals surface area contributed by atoms with Crippen LogP contribution in [0.5, 0.6) is 0 Å². The molecule has 3 heteroatoms. The van der Waals surface area contributed by atoms with Crippen molar-refractivity contribution in [2.45, 2.75) is 58.5 Å². The summed E-state index contributed by atoms with van der Waals surface area (Å²) in [5.74, 6) is 1.67. The van der Waals surface area contributed by atoms with Gasteiger partial charge >= 0.3 is 0 Å². The Kier molecular flexibility index (Phi) is 4.40. The fourth-order valence-corrected chi connectivity index (χ4v) is 4.09. The van der Waals surface area contributed by atoms with Crippen molar-refractivity contribution >= 4 is 0 Å². The molecule has 0 amide bonds. The molecule has 4 unspecified atom stereocenters. The van der Waals surface area contributed by atoms with Gasteiger partial charge in [-0.3, -0.25) is 4.90 Å². The molecule has 2 aliphatic heterocycles. The Hall–Kier alpha value is -0.120. The summed E-state index contributed by atoms with van der Waals surface area (Å²) in [5.41, 5.74) is 0.369. The van der Waals surface area contributed by atoms with E-state index in [9.17, 15) is 0 Å². The van der Waals surface area contributed by atoms with Crippen molar-refractivity contribution < 1.29 is 4.74 Å². The van der Waals surface area contributed by atoms with Gasteiger partial charge in [0.2, 0.25) is 0 Å². The molecule has 2 heterocycles. The fraction of sp³-hybridized carbons (Fsp3) is 1.00. The Labute approximate surface area is 124 Å². The molecule has 3 rings (SSSR count). The van der Waals surface area contributed by atoms with Crippen LogP contribution in [0.15, 0.2) is 0 Å². The van der Waals surface area contributed by atoms with Gasteiger partial charge in [0.1, 0.15) is 0 Å². The van der Waals surface area contributed by atoms with Gasteiger partial charge in [-0.15, -0.1) is 0 Å². The molecule has 0 aromatic heterocycles. The molecule has 0 aromatic carbocycles. The van der Waals surface area contributed by atoms with E-state index in [0.29, 0.717) is 5.41 Å². The van der Waals surface area contributed by atoms with E-state index in [1.165, 1.54) is 38.8 Å². The molecule has 0 spiro atoms. The van der Waals surface area contributed by atoms with Gasteiger partial charge in [0, 0.05) is 43.7 Å². The van der Waals surface area contributed by atoms with Gasteiger partial charge in [0.05, 0.1) is 6.61 Å². The van der Waals surface area contributed by atoms with E-state index in [1.54, 1.807) is 0 Å². The molecule has 3 nitrogen and oxygen atoms in total. The Morgan fingerprint density at radius 1 is 1.25 bits per heavy atom. The first-order chi connectivity index (χ1) is 9.58. The van der Waals surface area contributed by atoms with E-state index in [2.05, 4.69) is 31.0 Å². The Bertz CT molecular complexity index is 323. The first-order valence-electron chi connectivity index (χ1n) is 8.63. The number of likely N-dealkylation sites (tertiary alicyclic amines) is 1. The van der Waals surface area contributed by atoms with Crippen molar-refractivity contribution in [2.75, 3.05) is 32.8 Å². The number of nitrogens with zero attached hydrogens (tertiary/aromatic N) is 1. The number of rotatable bonds is 5. The van der Waals surface area contributed by atoms with E-state index in [-0.39, 0.29) is 0 Å².